The standard InChI is InChI=1S/C21H31N7O2/c1-9-27-17(13(3)4)25-28-19(27)15(16(24-28)21(5,6)7)22-23-18-14(11-12-26(18)8)20(29)30-10-2/h11-13H,9-10H2,1-8H3/b23-22+. The first-order valence-electron chi connectivity index (χ1n) is 10.3. The summed E-state index contributed by atoms with van der Waals surface area (Å²) in [6.07, 6.45) is 1.77. The molecule has 30 heavy (non-hydrogen) atoms. The van der Waals surface area contributed by atoms with Crippen LogP contribution in [0.5, 0.6) is 0 Å². The summed E-state index contributed by atoms with van der Waals surface area (Å²) in [6.45, 7) is 15.4. The minimum absolute atomic E-state index is 0.248. The van der Waals surface area contributed by atoms with Crippen molar-refractivity contribution in [1.82, 2.24) is 24.0 Å². The number of nitrogens with zero attached hydrogens (tertiary/aromatic N) is 7. The number of hydrogen-bond acceptors (Lipinski definition) is 6. The zero-order valence-electron chi connectivity index (χ0n) is 19.1. The second kappa shape index (κ2) is 8.04. The third-order valence-electron chi connectivity index (χ3n) is 4.87. The molecule has 0 aliphatic rings. The quantitative estimate of drug-likeness (QED) is 0.424. The average Bonchev–Trinajstić information content (AvgIpc) is 3.31. The maximum absolute atomic E-state index is 12.3. The molecule has 0 fully saturated rings. The summed E-state index contributed by atoms with van der Waals surface area (Å²) in [5.74, 6) is 1.23. The van der Waals surface area contributed by atoms with Crippen molar-refractivity contribution in [2.24, 2.45) is 17.3 Å². The number of hydrogen-bond donors (Lipinski definition) is 0. The number of rotatable bonds is 6. The van der Waals surface area contributed by atoms with Crippen molar-refractivity contribution >= 4 is 23.1 Å². The predicted molar refractivity (Wildman–Crippen MR) is 115 cm³/mol. The highest BCUT2D eigenvalue weighted by Crippen LogP contribution is 2.37. The molecule has 162 valence electrons. The number of carbonyl (C=O) groups is 1. The summed E-state index contributed by atoms with van der Waals surface area (Å²) in [5.41, 5.74) is 2.41. The van der Waals surface area contributed by atoms with Crippen LogP contribution in [0.3, 0.4) is 0 Å². The summed E-state index contributed by atoms with van der Waals surface area (Å²) >= 11 is 0. The van der Waals surface area contributed by atoms with Crippen LogP contribution in [0, 0.1) is 0 Å². The highest BCUT2D eigenvalue weighted by molar-refractivity contribution is 5.94. The number of azo groups is 1. The molecule has 3 aromatic rings. The minimum atomic E-state index is -0.413. The maximum atomic E-state index is 12.3. The SMILES string of the molecule is CCOC(=O)c1ccn(C)c1/N=N/c1c(C(C)(C)C)nn2nc(C(C)C)n(CC)c12. The number of aromatic nitrogens is 5. The van der Waals surface area contributed by atoms with E-state index in [0.717, 1.165) is 23.7 Å². The fourth-order valence-corrected chi connectivity index (χ4v) is 3.40. The summed E-state index contributed by atoms with van der Waals surface area (Å²) < 4.78 is 10.7. The Bertz CT molecular complexity index is 1090. The lowest BCUT2D eigenvalue weighted by Gasteiger charge is -2.16. The van der Waals surface area contributed by atoms with Crippen LogP contribution in [0.4, 0.5) is 11.5 Å². The fraction of sp³-hybridized carbons (Fsp3) is 0.571. The molecule has 0 spiro atoms. The van der Waals surface area contributed by atoms with E-state index < -0.39 is 5.97 Å². The van der Waals surface area contributed by atoms with Gasteiger partial charge in [0.15, 0.2) is 17.2 Å². The summed E-state index contributed by atoms with van der Waals surface area (Å²) in [6, 6.07) is 1.69. The van der Waals surface area contributed by atoms with E-state index in [1.54, 1.807) is 28.4 Å². The zero-order valence-corrected chi connectivity index (χ0v) is 19.1. The highest BCUT2D eigenvalue weighted by Gasteiger charge is 2.29. The number of aryl methyl sites for hydroxylation is 2. The lowest BCUT2D eigenvalue weighted by molar-refractivity contribution is 0.0527. The van der Waals surface area contributed by atoms with Gasteiger partial charge >= 0.3 is 5.97 Å². The van der Waals surface area contributed by atoms with Gasteiger partial charge in [0.2, 0.25) is 0 Å². The molecule has 0 aromatic carbocycles. The fourth-order valence-electron chi connectivity index (χ4n) is 3.40. The van der Waals surface area contributed by atoms with Crippen LogP contribution in [-0.2, 0) is 23.7 Å². The largest absolute Gasteiger partial charge is 0.462 e. The molecule has 0 unspecified atom stereocenters. The van der Waals surface area contributed by atoms with Gasteiger partial charge in [-0.3, -0.25) is 0 Å². The summed E-state index contributed by atoms with van der Waals surface area (Å²) in [5, 5.41) is 18.5. The van der Waals surface area contributed by atoms with E-state index >= 15 is 0 Å². The van der Waals surface area contributed by atoms with Crippen LogP contribution in [0.15, 0.2) is 22.5 Å². The number of fused-ring (bicyclic) bond motifs is 1. The molecule has 9 heteroatoms. The van der Waals surface area contributed by atoms with Crippen molar-refractivity contribution in [3.05, 3.63) is 29.3 Å². The van der Waals surface area contributed by atoms with Gasteiger partial charge in [0.1, 0.15) is 11.4 Å². The van der Waals surface area contributed by atoms with Gasteiger partial charge in [0, 0.05) is 31.1 Å². The van der Waals surface area contributed by atoms with Crippen LogP contribution in [0.2, 0.25) is 0 Å². The van der Waals surface area contributed by atoms with Gasteiger partial charge < -0.3 is 13.9 Å². The monoisotopic (exact) mass is 413 g/mol. The van der Waals surface area contributed by atoms with Gasteiger partial charge in [-0.1, -0.05) is 34.6 Å². The van der Waals surface area contributed by atoms with Crippen LogP contribution in [0.25, 0.3) is 5.65 Å². The lowest BCUT2D eigenvalue weighted by atomic mass is 9.91. The smallest absolute Gasteiger partial charge is 0.342 e. The predicted octanol–water partition coefficient (Wildman–Crippen LogP) is 4.90. The van der Waals surface area contributed by atoms with Crippen molar-refractivity contribution in [3.8, 4) is 0 Å². The molecule has 0 aliphatic heterocycles. The molecular weight excluding hydrogens is 382 g/mol. The normalized spacial score (nSPS) is 12.6. The van der Waals surface area contributed by atoms with Crippen LogP contribution in [-0.4, -0.2) is 36.5 Å². The second-order valence-corrected chi connectivity index (χ2v) is 8.60. The molecule has 0 saturated heterocycles. The topological polar surface area (TPSA) is 91.1 Å². The first-order chi connectivity index (χ1) is 14.1. The van der Waals surface area contributed by atoms with E-state index in [2.05, 4.69) is 56.3 Å². The van der Waals surface area contributed by atoms with E-state index in [4.69, 9.17) is 14.9 Å². The van der Waals surface area contributed by atoms with Gasteiger partial charge in [-0.25, -0.2) is 4.79 Å². The molecule has 3 aromatic heterocycles. The van der Waals surface area contributed by atoms with E-state index in [9.17, 15) is 4.79 Å². The first-order valence-corrected chi connectivity index (χ1v) is 10.3. The third-order valence-corrected chi connectivity index (χ3v) is 4.87. The van der Waals surface area contributed by atoms with E-state index in [1.165, 1.54) is 0 Å². The molecule has 0 amide bonds. The van der Waals surface area contributed by atoms with Gasteiger partial charge in [-0.05, 0) is 19.9 Å². The number of esters is 1. The van der Waals surface area contributed by atoms with Crippen molar-refractivity contribution in [2.75, 3.05) is 6.61 Å². The average molecular weight is 414 g/mol. The van der Waals surface area contributed by atoms with Gasteiger partial charge in [-0.15, -0.1) is 20.0 Å². The van der Waals surface area contributed by atoms with E-state index in [1.807, 2.05) is 7.05 Å². The number of ether oxygens (including phenoxy) is 1. The lowest BCUT2D eigenvalue weighted by Crippen LogP contribution is -2.13. The summed E-state index contributed by atoms with van der Waals surface area (Å²) in [7, 11) is 1.82. The Hall–Kier alpha value is -2.97. The Balaban J connectivity index is 2.20. The molecule has 9 nitrogen and oxygen atoms in total. The Morgan fingerprint density at radius 1 is 1.20 bits per heavy atom. The van der Waals surface area contributed by atoms with Crippen molar-refractivity contribution in [1.29, 1.82) is 0 Å². The van der Waals surface area contributed by atoms with Gasteiger partial charge in [0.05, 0.1) is 12.3 Å². The van der Waals surface area contributed by atoms with E-state index in [-0.39, 0.29) is 11.3 Å². The maximum Gasteiger partial charge on any atom is 0.342 e. The van der Waals surface area contributed by atoms with E-state index in [0.29, 0.717) is 23.7 Å². The molecule has 0 N–H and O–H groups in total. The Morgan fingerprint density at radius 2 is 1.90 bits per heavy atom. The first kappa shape index (κ1) is 21.7. The zero-order chi connectivity index (χ0) is 22.2. The number of carbonyl (C=O) groups excluding carboxylic acids is 1. The van der Waals surface area contributed by atoms with Crippen LogP contribution >= 0.6 is 0 Å². The van der Waals surface area contributed by atoms with Gasteiger partial charge in [-0.2, -0.15) is 5.10 Å². The molecule has 3 heterocycles. The van der Waals surface area contributed by atoms with Crippen molar-refractivity contribution < 1.29 is 9.53 Å². The van der Waals surface area contributed by atoms with Crippen LogP contribution < -0.4 is 0 Å². The third kappa shape index (κ3) is 3.76. The molecular formula is C21H31N7O2. The molecule has 0 radical (unpaired) electrons. The van der Waals surface area contributed by atoms with Crippen LogP contribution in [0.1, 0.15) is 76.3 Å². The highest BCUT2D eigenvalue weighted by atomic mass is 16.5. The van der Waals surface area contributed by atoms with Gasteiger partial charge in [0.25, 0.3) is 0 Å². The van der Waals surface area contributed by atoms with Crippen molar-refractivity contribution in [3.63, 3.8) is 0 Å². The minimum Gasteiger partial charge on any atom is -0.462 e. The second-order valence-electron chi connectivity index (χ2n) is 8.60. The molecule has 0 bridgehead atoms. The summed E-state index contributed by atoms with van der Waals surface area (Å²) in [4.78, 5) is 12.3. The Morgan fingerprint density at radius 3 is 2.47 bits per heavy atom. The molecule has 0 aliphatic carbocycles. The molecule has 0 atom stereocenters. The Kier molecular flexibility index (Phi) is 5.83. The molecule has 3 rings (SSSR count). The van der Waals surface area contributed by atoms with Crippen molar-refractivity contribution in [2.45, 2.75) is 66.3 Å². The Labute approximate surface area is 176 Å². The molecule has 0 saturated carbocycles.